The van der Waals surface area contributed by atoms with Crippen molar-refractivity contribution in [3.63, 3.8) is 0 Å². The Morgan fingerprint density at radius 1 is 1.29 bits per heavy atom. The first-order valence-corrected chi connectivity index (χ1v) is 8.25. The first-order chi connectivity index (χ1) is 11.2. The molecule has 0 saturated heterocycles. The van der Waals surface area contributed by atoms with E-state index in [4.69, 9.17) is 13.9 Å². The molecule has 10 heteroatoms. The number of carbonyl (C=O) groups excluding carboxylic acids is 1. The molecule has 0 radical (unpaired) electrons. The van der Waals surface area contributed by atoms with E-state index in [1.54, 1.807) is 0 Å². The molecule has 0 unspecified atom stereocenters. The van der Waals surface area contributed by atoms with Gasteiger partial charge in [0.2, 0.25) is 5.09 Å². The molecule has 0 atom stereocenters. The van der Waals surface area contributed by atoms with Crippen LogP contribution >= 0.6 is 0 Å². The zero-order valence-corrected chi connectivity index (χ0v) is 14.0. The van der Waals surface area contributed by atoms with Crippen LogP contribution in [0.25, 0.3) is 0 Å². The first-order valence-electron chi connectivity index (χ1n) is 6.77. The summed E-state index contributed by atoms with van der Waals surface area (Å²) in [7, 11) is -1.10. The molecule has 0 spiro atoms. The third-order valence-corrected chi connectivity index (χ3v) is 4.55. The van der Waals surface area contributed by atoms with Gasteiger partial charge in [0.25, 0.3) is 15.9 Å². The summed E-state index contributed by atoms with van der Waals surface area (Å²) in [5.74, 6) is -1.33. The van der Waals surface area contributed by atoms with Gasteiger partial charge in [-0.05, 0) is 32.2 Å². The Morgan fingerprint density at radius 2 is 1.96 bits per heavy atom. The van der Waals surface area contributed by atoms with Crippen LogP contribution in [0, 0.1) is 6.92 Å². The van der Waals surface area contributed by atoms with Gasteiger partial charge in [-0.3, -0.25) is 4.79 Å². The molecule has 1 amide bonds. The number of rotatable bonds is 6. The number of aryl methyl sites for hydroxylation is 1. The smallest absolute Gasteiger partial charge is 0.339 e. The van der Waals surface area contributed by atoms with Crippen molar-refractivity contribution < 1.29 is 31.9 Å². The fraction of sp³-hybridized carbons (Fsp3) is 0.286. The Balaban J connectivity index is 2.16. The topological polar surface area (TPSA) is 130 Å². The lowest BCUT2D eigenvalue weighted by Crippen LogP contribution is -2.25. The highest BCUT2D eigenvalue weighted by molar-refractivity contribution is 7.89. The van der Waals surface area contributed by atoms with Crippen molar-refractivity contribution in [2.45, 2.75) is 18.6 Å². The molecule has 0 saturated carbocycles. The van der Waals surface area contributed by atoms with E-state index in [0.29, 0.717) is 0 Å². The zero-order chi connectivity index (χ0) is 18.1. The lowest BCUT2D eigenvalue weighted by molar-refractivity contribution is 0.0693. The number of furan rings is 2. The highest BCUT2D eigenvalue weighted by Gasteiger charge is 2.23. The quantitative estimate of drug-likeness (QED) is 0.791. The van der Waals surface area contributed by atoms with Gasteiger partial charge in [0.05, 0.1) is 6.54 Å². The van der Waals surface area contributed by atoms with Crippen LogP contribution < -0.4 is 4.72 Å². The van der Waals surface area contributed by atoms with Crippen molar-refractivity contribution in [3.8, 4) is 0 Å². The highest BCUT2D eigenvalue weighted by atomic mass is 32.2. The number of hydrogen-bond donors (Lipinski definition) is 2. The average molecular weight is 356 g/mol. The number of carboxylic acids is 1. The molecule has 2 N–H and O–H groups in total. The molecule has 0 aliphatic rings. The van der Waals surface area contributed by atoms with Crippen LogP contribution in [0.5, 0.6) is 0 Å². The minimum absolute atomic E-state index is 0.00175. The van der Waals surface area contributed by atoms with Gasteiger partial charge in [-0.2, -0.15) is 0 Å². The second-order valence-corrected chi connectivity index (χ2v) is 6.79. The largest absolute Gasteiger partial charge is 0.478 e. The van der Waals surface area contributed by atoms with Gasteiger partial charge in [0.15, 0.2) is 5.76 Å². The van der Waals surface area contributed by atoms with Crippen molar-refractivity contribution in [1.29, 1.82) is 0 Å². The Kier molecular flexibility index (Phi) is 4.81. The first kappa shape index (κ1) is 17.8. The van der Waals surface area contributed by atoms with Gasteiger partial charge in [-0.15, -0.1) is 0 Å². The van der Waals surface area contributed by atoms with E-state index in [2.05, 4.69) is 4.72 Å². The van der Waals surface area contributed by atoms with E-state index < -0.39 is 21.9 Å². The second-order valence-electron chi connectivity index (χ2n) is 4.98. The summed E-state index contributed by atoms with van der Waals surface area (Å²) in [5.41, 5.74) is 0.0197. The molecule has 2 heterocycles. The molecule has 2 aromatic rings. The molecule has 2 aromatic heterocycles. The molecule has 130 valence electrons. The van der Waals surface area contributed by atoms with Gasteiger partial charge in [0, 0.05) is 7.05 Å². The maximum absolute atomic E-state index is 12.3. The number of nitrogens with zero attached hydrogens (tertiary/aromatic N) is 1. The summed E-state index contributed by atoms with van der Waals surface area (Å²) >= 11 is 0. The number of sulfonamides is 1. The van der Waals surface area contributed by atoms with Gasteiger partial charge in [0.1, 0.15) is 17.1 Å². The third kappa shape index (κ3) is 3.49. The van der Waals surface area contributed by atoms with E-state index in [-0.39, 0.29) is 34.5 Å². The molecule has 0 aromatic carbocycles. The van der Waals surface area contributed by atoms with Crippen molar-refractivity contribution in [1.82, 2.24) is 9.62 Å². The fourth-order valence-electron chi connectivity index (χ4n) is 2.01. The fourth-order valence-corrected chi connectivity index (χ4v) is 2.66. The van der Waals surface area contributed by atoms with E-state index >= 15 is 0 Å². The number of aromatic carboxylic acids is 1. The van der Waals surface area contributed by atoms with Crippen molar-refractivity contribution in [2.24, 2.45) is 0 Å². The summed E-state index contributed by atoms with van der Waals surface area (Å²) in [6, 6.07) is 3.76. The molecular formula is C14H16N2O7S. The summed E-state index contributed by atoms with van der Waals surface area (Å²) in [4.78, 5) is 24.5. The second kappa shape index (κ2) is 6.49. The van der Waals surface area contributed by atoms with Crippen LogP contribution in [-0.2, 0) is 16.6 Å². The lowest BCUT2D eigenvalue weighted by Gasteiger charge is -2.13. The predicted molar refractivity (Wildman–Crippen MR) is 81.2 cm³/mol. The van der Waals surface area contributed by atoms with Crippen LogP contribution in [0.15, 0.2) is 32.1 Å². The summed E-state index contributed by atoms with van der Waals surface area (Å²) in [5, 5.41) is 8.61. The summed E-state index contributed by atoms with van der Waals surface area (Å²) in [6.45, 7) is 1.51. The Hall–Kier alpha value is -2.59. The standard InChI is InChI=1S/C14H16N2O7S/c1-8-10(14(18)19)6-9(22-8)7-16(3)13(17)11-4-5-12(23-11)24(20,21)15-2/h4-6,15H,7H2,1-3H3,(H,18,19). The molecule has 2 rings (SSSR count). The van der Waals surface area contributed by atoms with E-state index in [9.17, 15) is 18.0 Å². The Morgan fingerprint density at radius 3 is 2.50 bits per heavy atom. The van der Waals surface area contributed by atoms with E-state index in [0.717, 1.165) is 0 Å². The van der Waals surface area contributed by atoms with Gasteiger partial charge >= 0.3 is 5.97 Å². The number of hydrogen-bond acceptors (Lipinski definition) is 6. The summed E-state index contributed by atoms with van der Waals surface area (Å²) in [6.07, 6.45) is 0. The molecule has 0 fully saturated rings. The van der Waals surface area contributed by atoms with Crippen molar-refractivity contribution in [3.05, 3.63) is 41.0 Å². The molecule has 0 aliphatic carbocycles. The van der Waals surface area contributed by atoms with Crippen LogP contribution in [-0.4, -0.2) is 44.4 Å². The molecule has 24 heavy (non-hydrogen) atoms. The minimum Gasteiger partial charge on any atom is -0.478 e. The lowest BCUT2D eigenvalue weighted by atomic mass is 10.2. The maximum atomic E-state index is 12.3. The van der Waals surface area contributed by atoms with Crippen molar-refractivity contribution >= 4 is 21.9 Å². The molecule has 0 aliphatic heterocycles. The van der Waals surface area contributed by atoms with Crippen LogP contribution in [0.4, 0.5) is 0 Å². The number of nitrogens with one attached hydrogen (secondary N) is 1. The van der Waals surface area contributed by atoms with Gasteiger partial charge in [-0.25, -0.2) is 17.9 Å². The number of carbonyl (C=O) groups is 2. The van der Waals surface area contributed by atoms with Gasteiger partial charge < -0.3 is 18.8 Å². The zero-order valence-electron chi connectivity index (χ0n) is 13.2. The van der Waals surface area contributed by atoms with Gasteiger partial charge in [-0.1, -0.05) is 0 Å². The minimum atomic E-state index is -3.78. The Labute approximate surface area is 137 Å². The molecule has 0 bridgehead atoms. The average Bonchev–Trinajstić information content (AvgIpc) is 3.13. The van der Waals surface area contributed by atoms with E-state index in [1.807, 2.05) is 0 Å². The Bertz CT molecular complexity index is 879. The van der Waals surface area contributed by atoms with Crippen LogP contribution in [0.1, 0.15) is 32.4 Å². The normalized spacial score (nSPS) is 11.5. The highest BCUT2D eigenvalue weighted by Crippen LogP contribution is 2.19. The maximum Gasteiger partial charge on any atom is 0.339 e. The number of carboxylic acid groups (broad SMARTS) is 1. The SMILES string of the molecule is CNS(=O)(=O)c1ccc(C(=O)N(C)Cc2cc(C(=O)O)c(C)o2)o1. The van der Waals surface area contributed by atoms with Crippen LogP contribution in [0.2, 0.25) is 0 Å². The monoisotopic (exact) mass is 356 g/mol. The number of amides is 1. The molecular weight excluding hydrogens is 340 g/mol. The van der Waals surface area contributed by atoms with E-state index in [1.165, 1.54) is 44.1 Å². The summed E-state index contributed by atoms with van der Waals surface area (Å²) < 4.78 is 35.6. The molecule has 9 nitrogen and oxygen atoms in total. The predicted octanol–water partition coefficient (Wildman–Crippen LogP) is 1.06. The third-order valence-electron chi connectivity index (χ3n) is 3.26. The van der Waals surface area contributed by atoms with Crippen LogP contribution in [0.3, 0.4) is 0 Å². The van der Waals surface area contributed by atoms with Crippen molar-refractivity contribution in [2.75, 3.05) is 14.1 Å².